The van der Waals surface area contributed by atoms with Crippen molar-refractivity contribution in [1.29, 1.82) is 0 Å². The molecule has 1 aliphatic carbocycles. The highest BCUT2D eigenvalue weighted by Crippen LogP contribution is 2.27. The zero-order valence-corrected chi connectivity index (χ0v) is 13.2. The standard InChI is InChI=1S/C18H22N4O/c23-18(20-12-13-6-5-11-19-13)17-15-9-4-10-16(15)22(21-17)14-7-2-1-3-8-14/h1-3,7-8,13,19H,4-6,9-12H2,(H,20,23). The molecule has 1 fully saturated rings. The maximum absolute atomic E-state index is 12.6. The molecule has 5 heteroatoms. The fraction of sp³-hybridized carbons (Fsp3) is 0.444. The lowest BCUT2D eigenvalue weighted by Crippen LogP contribution is -2.37. The second-order valence-corrected chi connectivity index (χ2v) is 6.38. The van der Waals surface area contributed by atoms with Crippen LogP contribution in [0.3, 0.4) is 0 Å². The lowest BCUT2D eigenvalue weighted by molar-refractivity contribution is 0.0944. The van der Waals surface area contributed by atoms with Crippen molar-refractivity contribution >= 4 is 5.91 Å². The van der Waals surface area contributed by atoms with Crippen LogP contribution < -0.4 is 10.6 Å². The van der Waals surface area contributed by atoms with Crippen LogP contribution >= 0.6 is 0 Å². The van der Waals surface area contributed by atoms with Crippen LogP contribution in [-0.2, 0) is 12.8 Å². The number of hydrogen-bond donors (Lipinski definition) is 2. The maximum Gasteiger partial charge on any atom is 0.272 e. The van der Waals surface area contributed by atoms with Crippen LogP contribution in [0.1, 0.15) is 41.0 Å². The van der Waals surface area contributed by atoms with Gasteiger partial charge in [0.1, 0.15) is 0 Å². The molecule has 1 aliphatic heterocycles. The Kier molecular flexibility index (Phi) is 3.87. The summed E-state index contributed by atoms with van der Waals surface area (Å²) in [5.74, 6) is -0.0356. The van der Waals surface area contributed by atoms with Gasteiger partial charge < -0.3 is 10.6 Å². The second kappa shape index (κ2) is 6.16. The molecule has 0 bridgehead atoms. The highest BCUT2D eigenvalue weighted by Gasteiger charge is 2.27. The van der Waals surface area contributed by atoms with E-state index in [4.69, 9.17) is 0 Å². The molecule has 120 valence electrons. The van der Waals surface area contributed by atoms with Crippen molar-refractivity contribution in [3.63, 3.8) is 0 Å². The number of amides is 1. The second-order valence-electron chi connectivity index (χ2n) is 6.38. The molecule has 2 aromatic rings. The highest BCUT2D eigenvalue weighted by molar-refractivity contribution is 5.94. The van der Waals surface area contributed by atoms with Crippen molar-refractivity contribution < 1.29 is 4.79 Å². The number of hydrogen-bond acceptors (Lipinski definition) is 3. The summed E-state index contributed by atoms with van der Waals surface area (Å²) in [5, 5.41) is 11.1. The van der Waals surface area contributed by atoms with Gasteiger partial charge in [-0.1, -0.05) is 18.2 Å². The third kappa shape index (κ3) is 2.77. The summed E-state index contributed by atoms with van der Waals surface area (Å²) in [4.78, 5) is 12.6. The molecule has 1 atom stereocenters. The van der Waals surface area contributed by atoms with E-state index in [1.54, 1.807) is 0 Å². The monoisotopic (exact) mass is 310 g/mol. The number of nitrogens with one attached hydrogen (secondary N) is 2. The van der Waals surface area contributed by atoms with E-state index in [2.05, 4.69) is 15.7 Å². The molecule has 0 spiro atoms. The van der Waals surface area contributed by atoms with Crippen LogP contribution in [0.4, 0.5) is 0 Å². The van der Waals surface area contributed by atoms with E-state index in [0.29, 0.717) is 18.3 Å². The number of benzene rings is 1. The first kappa shape index (κ1) is 14.5. The van der Waals surface area contributed by atoms with E-state index in [1.165, 1.54) is 12.1 Å². The Hall–Kier alpha value is -2.14. The van der Waals surface area contributed by atoms with Gasteiger partial charge in [-0.2, -0.15) is 5.10 Å². The summed E-state index contributed by atoms with van der Waals surface area (Å²) < 4.78 is 1.95. The number of para-hydroxylation sites is 1. The molecule has 1 aromatic carbocycles. The van der Waals surface area contributed by atoms with E-state index in [1.807, 2.05) is 35.0 Å². The van der Waals surface area contributed by atoms with Crippen molar-refractivity contribution in [3.8, 4) is 5.69 Å². The summed E-state index contributed by atoms with van der Waals surface area (Å²) in [6.45, 7) is 1.74. The molecule has 1 saturated heterocycles. The van der Waals surface area contributed by atoms with Crippen LogP contribution in [0.5, 0.6) is 0 Å². The molecule has 1 aromatic heterocycles. The molecule has 2 heterocycles. The van der Waals surface area contributed by atoms with Gasteiger partial charge in [-0.25, -0.2) is 4.68 Å². The molecule has 4 rings (SSSR count). The Balaban J connectivity index is 1.58. The first-order valence-corrected chi connectivity index (χ1v) is 8.51. The summed E-state index contributed by atoms with van der Waals surface area (Å²) in [6, 6.07) is 10.5. The predicted octanol–water partition coefficient (Wildman–Crippen LogP) is 1.84. The van der Waals surface area contributed by atoms with Crippen molar-refractivity contribution in [2.24, 2.45) is 0 Å². The predicted molar refractivity (Wildman–Crippen MR) is 88.9 cm³/mol. The van der Waals surface area contributed by atoms with E-state index in [-0.39, 0.29) is 5.91 Å². The van der Waals surface area contributed by atoms with E-state index >= 15 is 0 Å². The van der Waals surface area contributed by atoms with E-state index in [0.717, 1.165) is 43.5 Å². The number of carbonyl (C=O) groups excluding carboxylic acids is 1. The third-order valence-corrected chi connectivity index (χ3v) is 4.82. The molecule has 0 saturated carbocycles. The number of aromatic nitrogens is 2. The summed E-state index contributed by atoms with van der Waals surface area (Å²) >= 11 is 0. The Labute approximate surface area is 136 Å². The number of carbonyl (C=O) groups is 1. The van der Waals surface area contributed by atoms with Gasteiger partial charge in [-0.15, -0.1) is 0 Å². The van der Waals surface area contributed by atoms with Gasteiger partial charge >= 0.3 is 0 Å². The van der Waals surface area contributed by atoms with Gasteiger partial charge in [-0.3, -0.25) is 4.79 Å². The van der Waals surface area contributed by atoms with Gasteiger partial charge in [0.15, 0.2) is 5.69 Å². The Morgan fingerprint density at radius 3 is 2.91 bits per heavy atom. The van der Waals surface area contributed by atoms with Crippen LogP contribution in [0.15, 0.2) is 30.3 Å². The highest BCUT2D eigenvalue weighted by atomic mass is 16.2. The van der Waals surface area contributed by atoms with Crippen molar-refractivity contribution in [3.05, 3.63) is 47.3 Å². The first-order chi connectivity index (χ1) is 11.3. The topological polar surface area (TPSA) is 59.0 Å². The molecule has 1 unspecified atom stereocenters. The fourth-order valence-corrected chi connectivity index (χ4v) is 3.63. The molecule has 5 nitrogen and oxygen atoms in total. The summed E-state index contributed by atoms with van der Waals surface area (Å²) in [5.41, 5.74) is 3.97. The minimum atomic E-state index is -0.0356. The van der Waals surface area contributed by atoms with Crippen molar-refractivity contribution in [1.82, 2.24) is 20.4 Å². The Morgan fingerprint density at radius 1 is 1.26 bits per heavy atom. The molecular weight excluding hydrogens is 288 g/mol. The van der Waals surface area contributed by atoms with E-state index < -0.39 is 0 Å². The number of nitrogens with zero attached hydrogens (tertiary/aromatic N) is 2. The number of fused-ring (bicyclic) bond motifs is 1. The normalized spacial score (nSPS) is 19.7. The maximum atomic E-state index is 12.6. The average molecular weight is 310 g/mol. The zero-order chi connectivity index (χ0) is 15.6. The summed E-state index contributed by atoms with van der Waals surface area (Å²) in [6.07, 6.45) is 5.38. The SMILES string of the molecule is O=C(NCC1CCCN1)c1nn(-c2ccccc2)c2c1CCC2. The van der Waals surface area contributed by atoms with Gasteiger partial charge in [0.2, 0.25) is 0 Å². The summed E-state index contributed by atoms with van der Waals surface area (Å²) in [7, 11) is 0. The number of rotatable bonds is 4. The van der Waals surface area contributed by atoms with Gasteiger partial charge in [0, 0.05) is 23.8 Å². The molecule has 0 radical (unpaired) electrons. The molecule has 23 heavy (non-hydrogen) atoms. The van der Waals surface area contributed by atoms with Crippen molar-refractivity contribution in [2.75, 3.05) is 13.1 Å². The minimum absolute atomic E-state index is 0.0356. The van der Waals surface area contributed by atoms with Gasteiger partial charge in [0.05, 0.1) is 5.69 Å². The Bertz CT molecular complexity index is 701. The largest absolute Gasteiger partial charge is 0.349 e. The zero-order valence-electron chi connectivity index (χ0n) is 13.2. The van der Waals surface area contributed by atoms with Gasteiger partial charge in [-0.05, 0) is 50.8 Å². The lowest BCUT2D eigenvalue weighted by atomic mass is 10.2. The van der Waals surface area contributed by atoms with Crippen LogP contribution in [0.2, 0.25) is 0 Å². The van der Waals surface area contributed by atoms with Crippen LogP contribution in [0, 0.1) is 0 Å². The molecular formula is C18H22N4O. The Morgan fingerprint density at radius 2 is 2.13 bits per heavy atom. The van der Waals surface area contributed by atoms with Crippen molar-refractivity contribution in [2.45, 2.75) is 38.1 Å². The van der Waals surface area contributed by atoms with Gasteiger partial charge in [0.25, 0.3) is 5.91 Å². The van der Waals surface area contributed by atoms with E-state index in [9.17, 15) is 4.79 Å². The van der Waals surface area contributed by atoms with Crippen LogP contribution in [-0.4, -0.2) is 34.8 Å². The first-order valence-electron chi connectivity index (χ1n) is 8.51. The quantitative estimate of drug-likeness (QED) is 0.906. The molecule has 2 aliphatic rings. The molecule has 1 amide bonds. The smallest absolute Gasteiger partial charge is 0.272 e. The minimum Gasteiger partial charge on any atom is -0.349 e. The third-order valence-electron chi connectivity index (χ3n) is 4.82. The van der Waals surface area contributed by atoms with Crippen LogP contribution in [0.25, 0.3) is 5.69 Å². The molecule has 2 N–H and O–H groups in total. The fourth-order valence-electron chi connectivity index (χ4n) is 3.63. The average Bonchev–Trinajstić information content (AvgIpc) is 3.30. The lowest BCUT2D eigenvalue weighted by Gasteiger charge is -2.10.